The molecule has 2 fully saturated rings. The van der Waals surface area contributed by atoms with Gasteiger partial charge in [0, 0.05) is 24.2 Å². The summed E-state index contributed by atoms with van der Waals surface area (Å²) in [5.41, 5.74) is 2.66. The Bertz CT molecular complexity index is 950. The third-order valence-corrected chi connectivity index (χ3v) is 8.03. The molecule has 2 aromatic rings. The molecular formula is C36H58N2O4. The first-order chi connectivity index (χ1) is 19.9. The molecule has 2 atom stereocenters. The Morgan fingerprint density at radius 2 is 0.952 bits per heavy atom. The van der Waals surface area contributed by atoms with Crippen LogP contribution in [0.5, 0.6) is 11.5 Å². The fourth-order valence-electron chi connectivity index (χ4n) is 5.71. The van der Waals surface area contributed by atoms with Crippen molar-refractivity contribution in [3.8, 4) is 11.5 Å². The first-order valence-electron chi connectivity index (χ1n) is 16.2. The second kappa shape index (κ2) is 16.7. The molecule has 2 aromatic carbocycles. The molecule has 0 aromatic heterocycles. The van der Waals surface area contributed by atoms with Crippen molar-refractivity contribution in [1.29, 1.82) is 0 Å². The monoisotopic (exact) mass is 582 g/mol. The molecule has 2 unspecified atom stereocenters. The second-order valence-corrected chi connectivity index (χ2v) is 14.2. The van der Waals surface area contributed by atoms with Gasteiger partial charge in [-0.3, -0.25) is 0 Å². The van der Waals surface area contributed by atoms with E-state index in [1.165, 1.54) is 62.5 Å². The molecule has 2 saturated carbocycles. The van der Waals surface area contributed by atoms with Crippen LogP contribution in [0.4, 0.5) is 0 Å². The van der Waals surface area contributed by atoms with Gasteiger partial charge >= 0.3 is 0 Å². The quantitative estimate of drug-likeness (QED) is 0.217. The van der Waals surface area contributed by atoms with Gasteiger partial charge in [0.2, 0.25) is 0 Å². The molecule has 0 heterocycles. The summed E-state index contributed by atoms with van der Waals surface area (Å²) in [4.78, 5) is 0. The standard InChI is InChI=1S/2C18H29NO2/c2*1-18(2,3)19-12-15(20)13-21-17-11-7-6-10-16(17)14-8-4-5-9-14/h2*6-7,10-11,14-15,19-20H,4-5,8-9,12-13H2,1-3H3. The van der Waals surface area contributed by atoms with Crippen molar-refractivity contribution in [1.82, 2.24) is 10.6 Å². The van der Waals surface area contributed by atoms with Gasteiger partial charge in [0.15, 0.2) is 0 Å². The Hall–Kier alpha value is -2.12. The molecule has 0 bridgehead atoms. The van der Waals surface area contributed by atoms with Gasteiger partial charge in [-0.25, -0.2) is 0 Å². The van der Waals surface area contributed by atoms with Crippen LogP contribution in [-0.4, -0.2) is 59.8 Å². The van der Waals surface area contributed by atoms with Crippen LogP contribution in [0.15, 0.2) is 48.5 Å². The highest BCUT2D eigenvalue weighted by molar-refractivity contribution is 5.37. The van der Waals surface area contributed by atoms with E-state index in [2.05, 4.69) is 76.4 Å². The van der Waals surface area contributed by atoms with Crippen LogP contribution in [0.25, 0.3) is 0 Å². The number of benzene rings is 2. The van der Waals surface area contributed by atoms with Crippen LogP contribution in [0.1, 0.15) is 116 Å². The zero-order valence-electron chi connectivity index (χ0n) is 27.1. The van der Waals surface area contributed by atoms with Crippen molar-refractivity contribution in [2.75, 3.05) is 26.3 Å². The van der Waals surface area contributed by atoms with Crippen LogP contribution in [0.2, 0.25) is 0 Å². The van der Waals surface area contributed by atoms with E-state index in [0.717, 1.165) is 11.5 Å². The minimum absolute atomic E-state index is 0.0166. The summed E-state index contributed by atoms with van der Waals surface area (Å²) >= 11 is 0. The molecule has 6 heteroatoms. The smallest absolute Gasteiger partial charge is 0.122 e. The van der Waals surface area contributed by atoms with Gasteiger partial charge in [0.05, 0.1) is 0 Å². The van der Waals surface area contributed by atoms with Gasteiger partial charge in [-0.15, -0.1) is 0 Å². The molecule has 0 spiro atoms. The number of aliphatic hydroxyl groups is 2. The molecule has 2 aliphatic carbocycles. The molecule has 4 N–H and O–H groups in total. The first kappa shape index (κ1) is 34.4. The number of hydrogen-bond acceptors (Lipinski definition) is 6. The lowest BCUT2D eigenvalue weighted by Gasteiger charge is -2.23. The lowest BCUT2D eigenvalue weighted by atomic mass is 9.97. The van der Waals surface area contributed by atoms with Crippen molar-refractivity contribution >= 4 is 0 Å². The van der Waals surface area contributed by atoms with Crippen LogP contribution < -0.4 is 20.1 Å². The summed E-state index contributed by atoms with van der Waals surface area (Å²) < 4.78 is 11.8. The van der Waals surface area contributed by atoms with Gasteiger partial charge in [-0.2, -0.15) is 0 Å². The lowest BCUT2D eigenvalue weighted by molar-refractivity contribution is 0.0993. The van der Waals surface area contributed by atoms with Crippen LogP contribution >= 0.6 is 0 Å². The molecule has 236 valence electrons. The normalized spacial score (nSPS) is 17.9. The lowest BCUT2D eigenvalue weighted by Crippen LogP contribution is -2.42. The minimum Gasteiger partial charge on any atom is -0.491 e. The predicted octanol–water partition coefficient (Wildman–Crippen LogP) is 6.94. The number of hydrogen-bond donors (Lipinski definition) is 4. The number of β-amino-alcohol motifs (C(OH)–C–C–N with tert-alkyl or cyclic N) is 2. The van der Waals surface area contributed by atoms with E-state index in [0.29, 0.717) is 38.1 Å². The van der Waals surface area contributed by atoms with E-state index in [9.17, 15) is 10.2 Å². The molecule has 2 aliphatic rings. The fourth-order valence-corrected chi connectivity index (χ4v) is 5.71. The molecule has 0 aliphatic heterocycles. The maximum atomic E-state index is 10.0. The summed E-state index contributed by atoms with van der Waals surface area (Å²) in [6.45, 7) is 14.3. The Kier molecular flexibility index (Phi) is 13.6. The molecule has 42 heavy (non-hydrogen) atoms. The van der Waals surface area contributed by atoms with Crippen molar-refractivity contribution in [3.63, 3.8) is 0 Å². The second-order valence-electron chi connectivity index (χ2n) is 14.2. The predicted molar refractivity (Wildman–Crippen MR) is 174 cm³/mol. The maximum absolute atomic E-state index is 10.0. The third kappa shape index (κ3) is 12.6. The third-order valence-electron chi connectivity index (χ3n) is 8.03. The van der Waals surface area contributed by atoms with E-state index in [1.54, 1.807) is 0 Å². The highest BCUT2D eigenvalue weighted by atomic mass is 16.5. The fraction of sp³-hybridized carbons (Fsp3) is 0.667. The van der Waals surface area contributed by atoms with Crippen LogP contribution in [0.3, 0.4) is 0 Å². The Balaban J connectivity index is 0.000000230. The zero-order chi connectivity index (χ0) is 30.6. The average Bonchev–Trinajstić information content (AvgIpc) is 3.68. The van der Waals surface area contributed by atoms with Gasteiger partial charge in [-0.1, -0.05) is 62.1 Å². The summed E-state index contributed by atoms with van der Waals surface area (Å²) in [6.07, 6.45) is 9.33. The number of rotatable bonds is 12. The molecule has 0 saturated heterocycles. The van der Waals surface area contributed by atoms with E-state index < -0.39 is 12.2 Å². The summed E-state index contributed by atoms with van der Waals surface area (Å²) in [6, 6.07) is 16.6. The van der Waals surface area contributed by atoms with Gasteiger partial charge in [-0.05, 0) is 102 Å². The molecule has 0 radical (unpaired) electrons. The first-order valence-corrected chi connectivity index (χ1v) is 16.2. The zero-order valence-corrected chi connectivity index (χ0v) is 27.1. The molecule has 0 amide bonds. The van der Waals surface area contributed by atoms with Crippen LogP contribution in [-0.2, 0) is 0 Å². The Labute approximate surface area is 255 Å². The van der Waals surface area contributed by atoms with Crippen molar-refractivity contribution in [3.05, 3.63) is 59.7 Å². The summed E-state index contributed by atoms with van der Waals surface area (Å²) in [5.74, 6) is 3.15. The SMILES string of the molecule is CC(C)(C)NCC(O)COc1ccccc1C1CCCC1.CC(C)(C)NCC(O)COc1ccccc1C1CCCC1. The van der Waals surface area contributed by atoms with Crippen LogP contribution in [0, 0.1) is 0 Å². The van der Waals surface area contributed by atoms with Crippen molar-refractivity contribution in [2.24, 2.45) is 0 Å². The summed E-state index contributed by atoms with van der Waals surface area (Å²) in [7, 11) is 0. The van der Waals surface area contributed by atoms with Gasteiger partial charge in [0.25, 0.3) is 0 Å². The Morgan fingerprint density at radius 3 is 1.29 bits per heavy atom. The van der Waals surface area contributed by atoms with Crippen molar-refractivity contribution < 1.29 is 19.7 Å². The minimum atomic E-state index is -0.485. The topological polar surface area (TPSA) is 83.0 Å². The molecule has 4 rings (SSSR count). The average molecular weight is 583 g/mol. The number of para-hydroxylation sites is 2. The largest absolute Gasteiger partial charge is 0.491 e. The highest BCUT2D eigenvalue weighted by Gasteiger charge is 2.22. The van der Waals surface area contributed by atoms with Crippen molar-refractivity contribution in [2.45, 2.75) is 128 Å². The Morgan fingerprint density at radius 1 is 0.619 bits per heavy atom. The van der Waals surface area contributed by atoms with Gasteiger partial charge < -0.3 is 30.3 Å². The van der Waals surface area contributed by atoms with E-state index >= 15 is 0 Å². The molecule has 6 nitrogen and oxygen atoms in total. The molecular weight excluding hydrogens is 524 g/mol. The van der Waals surface area contributed by atoms with E-state index in [4.69, 9.17) is 9.47 Å². The van der Waals surface area contributed by atoms with E-state index in [-0.39, 0.29) is 11.1 Å². The number of nitrogens with one attached hydrogen (secondary N) is 2. The highest BCUT2D eigenvalue weighted by Crippen LogP contribution is 2.39. The van der Waals surface area contributed by atoms with Gasteiger partial charge in [0.1, 0.15) is 36.9 Å². The number of aliphatic hydroxyl groups excluding tert-OH is 2. The number of ether oxygens (including phenoxy) is 2. The summed E-state index contributed by atoms with van der Waals surface area (Å²) in [5, 5.41) is 26.7. The van der Waals surface area contributed by atoms with E-state index in [1.807, 2.05) is 24.3 Å². The maximum Gasteiger partial charge on any atom is 0.122 e.